The predicted molar refractivity (Wildman–Crippen MR) is 134 cm³/mol. The standard InChI is InChI=1S/C23H22FN5O2S.C2H6/c1-14(16-11-17(24)13-25-12-16)26-23-27-19-8-10-32-21(19)20(28-23)22(31)29(2)9-7-15-3-5-18(30)6-4-15;1-2/h3-6,8,10-14,30H,7,9H2,1-2H3,(H,26,27,28);1-2H3. The summed E-state index contributed by atoms with van der Waals surface area (Å²) < 4.78 is 14.2. The zero-order chi connectivity index (χ0) is 24.7. The number of pyridine rings is 1. The van der Waals surface area contributed by atoms with E-state index in [9.17, 15) is 14.3 Å². The molecule has 1 aromatic carbocycles. The smallest absolute Gasteiger partial charge is 0.273 e. The Morgan fingerprint density at radius 1 is 1.18 bits per heavy atom. The lowest BCUT2D eigenvalue weighted by Crippen LogP contribution is -2.30. The minimum Gasteiger partial charge on any atom is -0.508 e. The monoisotopic (exact) mass is 481 g/mol. The maximum atomic E-state index is 13.5. The number of fused-ring (bicyclic) bond motifs is 1. The average Bonchev–Trinajstić information content (AvgIpc) is 3.32. The molecule has 4 rings (SSSR count). The maximum Gasteiger partial charge on any atom is 0.273 e. The second kappa shape index (κ2) is 11.5. The summed E-state index contributed by atoms with van der Waals surface area (Å²) in [5.41, 5.74) is 2.67. The first-order chi connectivity index (χ1) is 16.4. The highest BCUT2D eigenvalue weighted by atomic mass is 32.1. The third kappa shape index (κ3) is 6.05. The molecule has 0 saturated heterocycles. The van der Waals surface area contributed by atoms with E-state index in [1.54, 1.807) is 30.3 Å². The molecule has 178 valence electrons. The highest BCUT2D eigenvalue weighted by Crippen LogP contribution is 2.26. The van der Waals surface area contributed by atoms with Crippen LogP contribution in [0.5, 0.6) is 5.75 Å². The van der Waals surface area contributed by atoms with E-state index >= 15 is 0 Å². The van der Waals surface area contributed by atoms with Crippen LogP contribution in [0, 0.1) is 5.82 Å². The molecule has 0 aliphatic carbocycles. The predicted octanol–water partition coefficient (Wildman–Crippen LogP) is 5.45. The van der Waals surface area contributed by atoms with E-state index in [4.69, 9.17) is 0 Å². The van der Waals surface area contributed by atoms with Crippen LogP contribution in [-0.2, 0) is 6.42 Å². The van der Waals surface area contributed by atoms with Crippen molar-refractivity contribution in [1.82, 2.24) is 19.9 Å². The van der Waals surface area contributed by atoms with E-state index in [1.165, 1.54) is 17.4 Å². The van der Waals surface area contributed by atoms with Crippen molar-refractivity contribution >= 4 is 33.4 Å². The number of anilines is 1. The van der Waals surface area contributed by atoms with Gasteiger partial charge in [0.15, 0.2) is 5.69 Å². The average molecular weight is 482 g/mol. The summed E-state index contributed by atoms with van der Waals surface area (Å²) in [6.07, 6.45) is 3.37. The number of hydrogen-bond acceptors (Lipinski definition) is 7. The number of phenolic OH excluding ortho intramolecular Hbond substituents is 1. The molecule has 3 heterocycles. The Hall–Kier alpha value is -3.59. The summed E-state index contributed by atoms with van der Waals surface area (Å²) in [6, 6.07) is 9.87. The first-order valence-corrected chi connectivity index (χ1v) is 11.9. The van der Waals surface area contributed by atoms with E-state index in [1.807, 2.05) is 44.4 Å². The van der Waals surface area contributed by atoms with Crippen LogP contribution >= 0.6 is 11.3 Å². The van der Waals surface area contributed by atoms with Gasteiger partial charge in [-0.15, -0.1) is 11.3 Å². The number of hydrogen-bond donors (Lipinski definition) is 2. The number of likely N-dealkylation sites (N-methyl/N-ethyl adjacent to an activating group) is 1. The van der Waals surface area contributed by atoms with Crippen molar-refractivity contribution in [1.29, 1.82) is 0 Å². The molecule has 34 heavy (non-hydrogen) atoms. The van der Waals surface area contributed by atoms with E-state index in [2.05, 4.69) is 20.3 Å². The van der Waals surface area contributed by atoms with Crippen LogP contribution < -0.4 is 5.32 Å². The highest BCUT2D eigenvalue weighted by molar-refractivity contribution is 7.17. The zero-order valence-electron chi connectivity index (χ0n) is 19.6. The van der Waals surface area contributed by atoms with Crippen molar-refractivity contribution in [3.05, 3.63) is 76.8 Å². The Morgan fingerprint density at radius 2 is 1.91 bits per heavy atom. The van der Waals surface area contributed by atoms with Crippen molar-refractivity contribution in [2.24, 2.45) is 0 Å². The molecule has 2 N–H and O–H groups in total. The number of phenols is 1. The molecule has 3 aromatic heterocycles. The molecule has 0 saturated carbocycles. The minimum atomic E-state index is -0.420. The van der Waals surface area contributed by atoms with Crippen LogP contribution in [0.1, 0.15) is 48.4 Å². The van der Waals surface area contributed by atoms with Crippen LogP contribution in [0.15, 0.2) is 54.2 Å². The van der Waals surface area contributed by atoms with Crippen LogP contribution in [0.2, 0.25) is 0 Å². The lowest BCUT2D eigenvalue weighted by Gasteiger charge is -2.18. The lowest BCUT2D eigenvalue weighted by molar-refractivity contribution is 0.0793. The Kier molecular flexibility index (Phi) is 8.48. The summed E-state index contributed by atoms with van der Waals surface area (Å²) in [6.45, 7) is 6.34. The fourth-order valence-corrected chi connectivity index (χ4v) is 4.07. The van der Waals surface area contributed by atoms with Gasteiger partial charge in [-0.3, -0.25) is 9.78 Å². The first kappa shape index (κ1) is 25.0. The SMILES string of the molecule is CC.CC(Nc1nc(C(=O)N(C)CCc2ccc(O)cc2)c2sccc2n1)c1cncc(F)c1. The Labute approximate surface area is 202 Å². The summed E-state index contributed by atoms with van der Waals surface area (Å²) in [4.78, 5) is 27.7. The molecular weight excluding hydrogens is 453 g/mol. The molecule has 0 spiro atoms. The minimum absolute atomic E-state index is 0.207. The molecule has 7 nitrogen and oxygen atoms in total. The van der Waals surface area contributed by atoms with E-state index < -0.39 is 5.82 Å². The lowest BCUT2D eigenvalue weighted by atomic mass is 10.1. The molecule has 0 bridgehead atoms. The largest absolute Gasteiger partial charge is 0.508 e. The number of thiophene rings is 1. The van der Waals surface area contributed by atoms with Gasteiger partial charge in [-0.25, -0.2) is 14.4 Å². The second-order valence-corrected chi connectivity index (χ2v) is 8.39. The molecule has 0 radical (unpaired) electrons. The number of rotatable bonds is 7. The number of amides is 1. The molecule has 0 aliphatic heterocycles. The Bertz CT molecular complexity index is 1250. The van der Waals surface area contributed by atoms with Gasteiger partial charge in [0, 0.05) is 19.8 Å². The summed E-state index contributed by atoms with van der Waals surface area (Å²) >= 11 is 1.41. The van der Waals surface area contributed by atoms with Gasteiger partial charge in [0.05, 0.1) is 22.5 Å². The molecule has 0 fully saturated rings. The van der Waals surface area contributed by atoms with Crippen molar-refractivity contribution in [2.45, 2.75) is 33.2 Å². The molecule has 1 unspecified atom stereocenters. The third-order valence-electron chi connectivity index (χ3n) is 5.10. The molecule has 1 atom stereocenters. The number of aromatic hydroxyl groups is 1. The van der Waals surface area contributed by atoms with Gasteiger partial charge < -0.3 is 15.3 Å². The maximum absolute atomic E-state index is 13.5. The van der Waals surface area contributed by atoms with Gasteiger partial charge in [-0.2, -0.15) is 0 Å². The normalized spacial score (nSPS) is 11.4. The number of aromatic nitrogens is 3. The van der Waals surface area contributed by atoms with Crippen LogP contribution in [0.3, 0.4) is 0 Å². The second-order valence-electron chi connectivity index (χ2n) is 7.48. The van der Waals surface area contributed by atoms with Gasteiger partial charge in [0.1, 0.15) is 11.6 Å². The number of halogens is 1. The van der Waals surface area contributed by atoms with Crippen LogP contribution in [0.4, 0.5) is 10.3 Å². The van der Waals surface area contributed by atoms with Crippen molar-refractivity contribution in [2.75, 3.05) is 18.9 Å². The Balaban J connectivity index is 0.00000158. The van der Waals surface area contributed by atoms with E-state index in [0.29, 0.717) is 35.7 Å². The molecular formula is C25H28FN5O2S. The van der Waals surface area contributed by atoms with Crippen LogP contribution in [0.25, 0.3) is 10.2 Å². The van der Waals surface area contributed by atoms with Crippen LogP contribution in [-0.4, -0.2) is 44.5 Å². The van der Waals surface area contributed by atoms with E-state index in [0.717, 1.165) is 16.5 Å². The van der Waals surface area contributed by atoms with E-state index in [-0.39, 0.29) is 17.7 Å². The van der Waals surface area contributed by atoms with Gasteiger partial charge in [-0.05, 0) is 54.1 Å². The summed E-state index contributed by atoms with van der Waals surface area (Å²) in [7, 11) is 1.73. The van der Waals surface area contributed by atoms with Gasteiger partial charge in [0.2, 0.25) is 5.95 Å². The van der Waals surface area contributed by atoms with Gasteiger partial charge in [0.25, 0.3) is 5.91 Å². The highest BCUT2D eigenvalue weighted by Gasteiger charge is 2.20. The van der Waals surface area contributed by atoms with Crippen molar-refractivity contribution < 1.29 is 14.3 Å². The number of carbonyl (C=O) groups excluding carboxylic acids is 1. The quantitative estimate of drug-likeness (QED) is 0.365. The number of nitrogens with zero attached hydrogens (tertiary/aromatic N) is 4. The first-order valence-electron chi connectivity index (χ1n) is 11.1. The molecule has 0 aliphatic rings. The fraction of sp³-hybridized carbons (Fsp3) is 0.280. The third-order valence-corrected chi connectivity index (χ3v) is 6.01. The molecule has 4 aromatic rings. The number of benzene rings is 1. The van der Waals surface area contributed by atoms with Gasteiger partial charge in [-0.1, -0.05) is 26.0 Å². The Morgan fingerprint density at radius 3 is 2.62 bits per heavy atom. The fourth-order valence-electron chi connectivity index (χ4n) is 3.26. The number of nitrogens with one attached hydrogen (secondary N) is 1. The number of carbonyl (C=O) groups is 1. The van der Waals surface area contributed by atoms with Crippen molar-refractivity contribution in [3.63, 3.8) is 0 Å². The summed E-state index contributed by atoms with van der Waals surface area (Å²) in [5, 5.41) is 14.4. The zero-order valence-corrected chi connectivity index (χ0v) is 20.4. The topological polar surface area (TPSA) is 91.2 Å². The molecule has 9 heteroatoms. The van der Waals surface area contributed by atoms with Gasteiger partial charge >= 0.3 is 0 Å². The van der Waals surface area contributed by atoms with Crippen molar-refractivity contribution in [3.8, 4) is 5.75 Å². The summed E-state index contributed by atoms with van der Waals surface area (Å²) in [5.74, 6) is -0.122. The molecule has 1 amide bonds.